The highest BCUT2D eigenvalue weighted by Gasteiger charge is 2.27. The molecule has 33 heavy (non-hydrogen) atoms. The smallest absolute Gasteiger partial charge is 0.255 e. The zero-order chi connectivity index (χ0) is 24.0. The van der Waals surface area contributed by atoms with Gasteiger partial charge in [0.1, 0.15) is 0 Å². The molecule has 0 bridgehead atoms. The first kappa shape index (κ1) is 25.7. The Balaban J connectivity index is 1.81. The summed E-state index contributed by atoms with van der Waals surface area (Å²) < 4.78 is 28.3. The topological polar surface area (TPSA) is 78.8 Å². The van der Waals surface area contributed by atoms with E-state index in [0.29, 0.717) is 26.2 Å². The third kappa shape index (κ3) is 7.02. The number of carbonyl (C=O) groups excluding carboxylic acids is 1. The van der Waals surface area contributed by atoms with Crippen LogP contribution >= 0.6 is 50.7 Å². The summed E-state index contributed by atoms with van der Waals surface area (Å²) in [6, 6.07) is 17.8. The largest absolute Gasteiger partial charge is 0.272 e. The molecular formula is C22H17BrCl3N3O3S. The summed E-state index contributed by atoms with van der Waals surface area (Å²) in [6.07, 6.45) is 1.35. The normalized spacial score (nSPS) is 11.8. The third-order valence-corrected chi connectivity index (χ3v) is 7.70. The summed E-state index contributed by atoms with van der Waals surface area (Å²) in [7, 11) is -4.01. The van der Waals surface area contributed by atoms with Crippen molar-refractivity contribution in [2.24, 2.45) is 5.10 Å². The van der Waals surface area contributed by atoms with E-state index in [9.17, 15) is 13.2 Å². The average Bonchev–Trinajstić information content (AvgIpc) is 2.76. The van der Waals surface area contributed by atoms with Crippen LogP contribution in [-0.4, -0.2) is 31.4 Å². The number of nitrogens with zero attached hydrogens (tertiary/aromatic N) is 2. The van der Waals surface area contributed by atoms with E-state index in [1.54, 1.807) is 54.6 Å². The molecule has 11 heteroatoms. The lowest BCUT2D eigenvalue weighted by molar-refractivity contribution is -0.121. The zero-order valence-corrected chi connectivity index (χ0v) is 21.6. The van der Waals surface area contributed by atoms with Gasteiger partial charge in [0.15, 0.2) is 0 Å². The van der Waals surface area contributed by atoms with Crippen molar-refractivity contribution >= 4 is 72.9 Å². The van der Waals surface area contributed by atoms with Gasteiger partial charge in [0.2, 0.25) is 10.0 Å². The zero-order valence-electron chi connectivity index (χ0n) is 16.9. The molecule has 0 fully saturated rings. The molecule has 3 rings (SSSR count). The molecule has 1 amide bonds. The highest BCUT2D eigenvalue weighted by atomic mass is 79.9. The maximum absolute atomic E-state index is 13.3. The molecule has 0 heterocycles. The van der Waals surface area contributed by atoms with Gasteiger partial charge in [0.05, 0.1) is 22.7 Å². The lowest BCUT2D eigenvalue weighted by Crippen LogP contribution is -2.39. The van der Waals surface area contributed by atoms with Crippen LogP contribution in [0.3, 0.4) is 0 Å². The van der Waals surface area contributed by atoms with Gasteiger partial charge in [-0.25, -0.2) is 13.8 Å². The molecule has 0 radical (unpaired) electrons. The standard InChI is InChI=1S/C22H17BrCl3N3O3S/c23-17-6-9-19(10-7-17)33(31,32)29(13-16-3-1-2-4-20(16)25)14-22(30)28-27-12-15-5-8-18(24)11-21(15)26/h1-12H,13-14H2,(H,28,30)/b27-12+. The Labute approximate surface area is 215 Å². The van der Waals surface area contributed by atoms with Crippen LogP contribution in [0.15, 0.2) is 81.2 Å². The summed E-state index contributed by atoms with van der Waals surface area (Å²) >= 11 is 21.5. The van der Waals surface area contributed by atoms with Crippen LogP contribution in [0.4, 0.5) is 0 Å². The second-order valence-corrected chi connectivity index (χ2v) is 10.9. The van der Waals surface area contributed by atoms with Gasteiger partial charge in [-0.15, -0.1) is 0 Å². The monoisotopic (exact) mass is 587 g/mol. The molecule has 0 saturated heterocycles. The van der Waals surface area contributed by atoms with E-state index in [2.05, 4.69) is 26.5 Å². The van der Waals surface area contributed by atoms with Gasteiger partial charge in [0, 0.05) is 26.6 Å². The van der Waals surface area contributed by atoms with Crippen molar-refractivity contribution in [2.45, 2.75) is 11.4 Å². The fourth-order valence-corrected chi connectivity index (χ4v) is 5.07. The Morgan fingerprint density at radius 1 is 1.00 bits per heavy atom. The van der Waals surface area contributed by atoms with Crippen LogP contribution in [0.5, 0.6) is 0 Å². The molecule has 3 aromatic rings. The van der Waals surface area contributed by atoms with Crippen molar-refractivity contribution < 1.29 is 13.2 Å². The highest BCUT2D eigenvalue weighted by molar-refractivity contribution is 9.10. The molecule has 0 aliphatic rings. The minimum absolute atomic E-state index is 0.0435. The van der Waals surface area contributed by atoms with Crippen molar-refractivity contribution in [3.63, 3.8) is 0 Å². The van der Waals surface area contributed by atoms with E-state index in [0.717, 1.165) is 8.78 Å². The molecule has 0 saturated carbocycles. The van der Waals surface area contributed by atoms with Crippen LogP contribution in [0.1, 0.15) is 11.1 Å². The third-order valence-electron chi connectivity index (χ3n) is 4.43. The number of benzene rings is 3. The summed E-state index contributed by atoms with van der Waals surface area (Å²) in [5.74, 6) is -0.635. The number of rotatable bonds is 8. The first-order valence-electron chi connectivity index (χ1n) is 9.43. The van der Waals surface area contributed by atoms with Gasteiger partial charge in [-0.05, 0) is 48.0 Å². The number of hydrogen-bond acceptors (Lipinski definition) is 4. The molecule has 0 unspecified atom stereocenters. The molecule has 172 valence electrons. The van der Waals surface area contributed by atoms with Gasteiger partial charge in [-0.1, -0.05) is 75.0 Å². The quantitative estimate of drug-likeness (QED) is 0.269. The second kappa shape index (κ2) is 11.5. The Morgan fingerprint density at radius 2 is 1.70 bits per heavy atom. The van der Waals surface area contributed by atoms with Gasteiger partial charge >= 0.3 is 0 Å². The van der Waals surface area contributed by atoms with Crippen molar-refractivity contribution in [3.8, 4) is 0 Å². The summed E-state index contributed by atoms with van der Waals surface area (Å²) in [4.78, 5) is 12.6. The van der Waals surface area contributed by atoms with E-state index in [1.807, 2.05) is 0 Å². The lowest BCUT2D eigenvalue weighted by Gasteiger charge is -2.22. The fourth-order valence-electron chi connectivity index (χ4n) is 2.77. The number of halogens is 4. The van der Waals surface area contributed by atoms with Crippen molar-refractivity contribution in [3.05, 3.63) is 97.4 Å². The minimum atomic E-state index is -4.01. The van der Waals surface area contributed by atoms with Crippen LogP contribution in [0, 0.1) is 0 Å². The maximum atomic E-state index is 13.3. The molecule has 6 nitrogen and oxygen atoms in total. The molecular weight excluding hydrogens is 573 g/mol. The Morgan fingerprint density at radius 3 is 2.36 bits per heavy atom. The lowest BCUT2D eigenvalue weighted by atomic mass is 10.2. The van der Waals surface area contributed by atoms with Crippen LogP contribution < -0.4 is 5.43 Å². The Bertz CT molecular complexity index is 1290. The van der Waals surface area contributed by atoms with Crippen LogP contribution in [0.2, 0.25) is 15.1 Å². The first-order chi connectivity index (χ1) is 15.7. The van der Waals surface area contributed by atoms with Gasteiger partial charge in [-0.2, -0.15) is 9.41 Å². The number of sulfonamides is 1. The number of hydrazone groups is 1. The molecule has 0 spiro atoms. The maximum Gasteiger partial charge on any atom is 0.255 e. The predicted octanol–water partition coefficient (Wildman–Crippen LogP) is 5.75. The predicted molar refractivity (Wildman–Crippen MR) is 135 cm³/mol. The minimum Gasteiger partial charge on any atom is -0.272 e. The van der Waals surface area contributed by atoms with Crippen LogP contribution in [0.25, 0.3) is 0 Å². The molecule has 0 aliphatic carbocycles. The number of carbonyl (C=O) groups is 1. The SMILES string of the molecule is O=C(CN(Cc1ccccc1Cl)S(=O)(=O)c1ccc(Br)cc1)N/N=C/c1ccc(Cl)cc1Cl. The van der Waals surface area contributed by atoms with Crippen molar-refractivity contribution in [2.75, 3.05) is 6.54 Å². The van der Waals surface area contributed by atoms with Gasteiger partial charge in [-0.3, -0.25) is 4.79 Å². The van der Waals surface area contributed by atoms with Crippen molar-refractivity contribution in [1.29, 1.82) is 0 Å². The molecule has 0 aromatic heterocycles. The Hall–Kier alpha value is -1.94. The van der Waals surface area contributed by atoms with E-state index in [1.165, 1.54) is 18.3 Å². The fraction of sp³-hybridized carbons (Fsp3) is 0.0909. The summed E-state index contributed by atoms with van der Waals surface area (Å²) in [5, 5.41) is 5.09. The molecule has 0 aliphatic heterocycles. The number of nitrogens with one attached hydrogen (secondary N) is 1. The van der Waals surface area contributed by atoms with Crippen molar-refractivity contribution in [1.82, 2.24) is 9.73 Å². The molecule has 3 aromatic carbocycles. The molecule has 1 N–H and O–H groups in total. The van der Waals surface area contributed by atoms with Gasteiger partial charge < -0.3 is 0 Å². The highest BCUT2D eigenvalue weighted by Crippen LogP contribution is 2.24. The first-order valence-corrected chi connectivity index (χ1v) is 12.8. The van der Waals surface area contributed by atoms with E-state index in [-0.39, 0.29) is 11.4 Å². The summed E-state index contributed by atoms with van der Waals surface area (Å²) in [5.41, 5.74) is 3.43. The second-order valence-electron chi connectivity index (χ2n) is 6.78. The van der Waals surface area contributed by atoms with E-state index in [4.69, 9.17) is 34.8 Å². The van der Waals surface area contributed by atoms with E-state index < -0.39 is 22.5 Å². The molecule has 0 atom stereocenters. The number of amides is 1. The summed E-state index contributed by atoms with van der Waals surface area (Å²) in [6.45, 7) is -0.576. The van der Waals surface area contributed by atoms with Gasteiger partial charge in [0.25, 0.3) is 5.91 Å². The van der Waals surface area contributed by atoms with Crippen LogP contribution in [-0.2, 0) is 21.4 Å². The Kier molecular flexibility index (Phi) is 8.92. The number of hydrogen-bond donors (Lipinski definition) is 1. The average molecular weight is 590 g/mol. The van der Waals surface area contributed by atoms with E-state index >= 15 is 0 Å².